The number of rotatable bonds is 0. The maximum atomic E-state index is 6.16. The number of hydrogen-bond acceptors (Lipinski definition) is 4. The molecule has 4 nitrogen and oxygen atoms in total. The molecule has 0 aromatic heterocycles. The van der Waals surface area contributed by atoms with Crippen molar-refractivity contribution in [2.24, 2.45) is 5.10 Å². The molecular formula is C18H12N2O2. The molecule has 106 valence electrons. The second kappa shape index (κ2) is 4.24. The van der Waals surface area contributed by atoms with E-state index < -0.39 is 0 Å². The minimum absolute atomic E-state index is 0.212. The second-order valence-electron chi connectivity index (χ2n) is 5.40. The van der Waals surface area contributed by atoms with Gasteiger partial charge >= 0.3 is 0 Å². The SMILES string of the molecule is C1=C2NN=C3Oc4ccccc4C=C3C2Oc2ccccc21. The first-order valence-electron chi connectivity index (χ1n) is 7.18. The molecule has 0 aliphatic carbocycles. The summed E-state index contributed by atoms with van der Waals surface area (Å²) >= 11 is 0. The molecule has 3 aliphatic rings. The third kappa shape index (κ3) is 1.61. The lowest BCUT2D eigenvalue weighted by molar-refractivity contribution is 0.256. The lowest BCUT2D eigenvalue weighted by Crippen LogP contribution is -2.41. The zero-order chi connectivity index (χ0) is 14.5. The fourth-order valence-corrected chi connectivity index (χ4v) is 2.94. The molecule has 4 heteroatoms. The first kappa shape index (κ1) is 11.6. The van der Waals surface area contributed by atoms with E-state index in [4.69, 9.17) is 9.47 Å². The molecule has 0 saturated carbocycles. The van der Waals surface area contributed by atoms with Gasteiger partial charge in [-0.2, -0.15) is 0 Å². The summed E-state index contributed by atoms with van der Waals surface area (Å²) in [6.07, 6.45) is 3.95. The molecule has 0 amide bonds. The fraction of sp³-hybridized carbons (Fsp3) is 0.0556. The van der Waals surface area contributed by atoms with E-state index >= 15 is 0 Å². The number of para-hydroxylation sites is 2. The normalized spacial score (nSPS) is 20.4. The van der Waals surface area contributed by atoms with Crippen LogP contribution in [-0.2, 0) is 0 Å². The highest BCUT2D eigenvalue weighted by molar-refractivity contribution is 6.04. The van der Waals surface area contributed by atoms with Gasteiger partial charge in [0.25, 0.3) is 0 Å². The number of fused-ring (bicyclic) bond motifs is 5. The van der Waals surface area contributed by atoms with Gasteiger partial charge in [0.15, 0.2) is 6.10 Å². The third-order valence-corrected chi connectivity index (χ3v) is 4.01. The van der Waals surface area contributed by atoms with Crippen molar-refractivity contribution in [3.8, 4) is 11.5 Å². The molecule has 1 unspecified atom stereocenters. The Labute approximate surface area is 127 Å². The number of hydrazone groups is 1. The Kier molecular flexibility index (Phi) is 2.24. The third-order valence-electron chi connectivity index (χ3n) is 4.01. The van der Waals surface area contributed by atoms with Gasteiger partial charge < -0.3 is 9.47 Å². The highest BCUT2D eigenvalue weighted by Crippen LogP contribution is 2.37. The van der Waals surface area contributed by atoms with Crippen LogP contribution in [0.1, 0.15) is 11.1 Å². The van der Waals surface area contributed by atoms with Crippen molar-refractivity contribution in [1.82, 2.24) is 5.43 Å². The molecule has 0 bridgehead atoms. The molecule has 0 saturated heterocycles. The van der Waals surface area contributed by atoms with Crippen molar-refractivity contribution in [2.45, 2.75) is 6.10 Å². The lowest BCUT2D eigenvalue weighted by Gasteiger charge is -2.33. The van der Waals surface area contributed by atoms with E-state index in [1.807, 2.05) is 48.5 Å². The first-order chi connectivity index (χ1) is 10.9. The van der Waals surface area contributed by atoms with Gasteiger partial charge in [0.2, 0.25) is 5.90 Å². The van der Waals surface area contributed by atoms with Gasteiger partial charge in [-0.25, -0.2) is 0 Å². The van der Waals surface area contributed by atoms with Gasteiger partial charge in [-0.05, 0) is 24.3 Å². The molecule has 22 heavy (non-hydrogen) atoms. The van der Waals surface area contributed by atoms with Crippen LogP contribution in [0.25, 0.3) is 12.2 Å². The highest BCUT2D eigenvalue weighted by Gasteiger charge is 2.35. The topological polar surface area (TPSA) is 42.9 Å². The summed E-state index contributed by atoms with van der Waals surface area (Å²) in [5, 5.41) is 4.34. The summed E-state index contributed by atoms with van der Waals surface area (Å²) < 4.78 is 12.0. The summed E-state index contributed by atoms with van der Waals surface area (Å²) in [5.41, 5.74) is 7.02. The van der Waals surface area contributed by atoms with Crippen molar-refractivity contribution in [3.63, 3.8) is 0 Å². The van der Waals surface area contributed by atoms with E-state index in [0.717, 1.165) is 33.9 Å². The molecule has 0 radical (unpaired) electrons. The number of hydrogen-bond donors (Lipinski definition) is 1. The van der Waals surface area contributed by atoms with E-state index in [1.165, 1.54) is 0 Å². The Morgan fingerprint density at radius 1 is 0.864 bits per heavy atom. The van der Waals surface area contributed by atoms with Crippen LogP contribution < -0.4 is 14.9 Å². The molecule has 2 aromatic rings. The van der Waals surface area contributed by atoms with Crippen molar-refractivity contribution < 1.29 is 9.47 Å². The molecule has 2 aromatic carbocycles. The minimum Gasteiger partial charge on any atom is -0.479 e. The number of nitrogens with one attached hydrogen (secondary N) is 1. The standard InChI is InChI=1S/C18H12N2O2/c1-4-8-16-11(5-1)9-13-17-14(19-20-18(13)22-16)10-12-6-2-3-7-15(12)21-17/h1-10,17,19H. The largest absolute Gasteiger partial charge is 0.479 e. The predicted molar refractivity (Wildman–Crippen MR) is 84.5 cm³/mol. The molecule has 3 aliphatic heterocycles. The Morgan fingerprint density at radius 2 is 1.59 bits per heavy atom. The zero-order valence-electron chi connectivity index (χ0n) is 11.6. The summed E-state index contributed by atoms with van der Waals surface area (Å²) in [6, 6.07) is 15.9. The number of ether oxygens (including phenoxy) is 2. The van der Waals surface area contributed by atoms with E-state index in [-0.39, 0.29) is 6.10 Å². The lowest BCUT2D eigenvalue weighted by atomic mass is 9.96. The Morgan fingerprint density at radius 3 is 2.45 bits per heavy atom. The van der Waals surface area contributed by atoms with Gasteiger partial charge in [-0.3, -0.25) is 5.43 Å². The van der Waals surface area contributed by atoms with E-state index in [2.05, 4.69) is 22.7 Å². The predicted octanol–water partition coefficient (Wildman–Crippen LogP) is 3.18. The molecule has 1 atom stereocenters. The Balaban J connectivity index is 1.65. The second-order valence-corrected chi connectivity index (χ2v) is 5.40. The van der Waals surface area contributed by atoms with E-state index in [1.54, 1.807) is 0 Å². The molecule has 0 spiro atoms. The van der Waals surface area contributed by atoms with Crippen molar-refractivity contribution in [2.75, 3.05) is 0 Å². The van der Waals surface area contributed by atoms with Gasteiger partial charge in [-0.15, -0.1) is 5.10 Å². The number of benzene rings is 2. The smallest absolute Gasteiger partial charge is 0.243 e. The number of nitrogens with zero attached hydrogens (tertiary/aromatic N) is 1. The summed E-state index contributed by atoms with van der Waals surface area (Å²) in [7, 11) is 0. The van der Waals surface area contributed by atoms with Crippen LogP contribution in [0.5, 0.6) is 11.5 Å². The van der Waals surface area contributed by atoms with Crippen LogP contribution in [0, 0.1) is 0 Å². The van der Waals surface area contributed by atoms with Crippen molar-refractivity contribution in [3.05, 3.63) is 70.9 Å². The van der Waals surface area contributed by atoms with Crippen molar-refractivity contribution >= 4 is 18.0 Å². The average Bonchev–Trinajstić information content (AvgIpc) is 2.58. The van der Waals surface area contributed by atoms with Crippen LogP contribution >= 0.6 is 0 Å². The fourth-order valence-electron chi connectivity index (χ4n) is 2.94. The summed E-state index contributed by atoms with van der Waals surface area (Å²) in [4.78, 5) is 0. The first-order valence-corrected chi connectivity index (χ1v) is 7.18. The van der Waals surface area contributed by atoms with Crippen LogP contribution in [0.2, 0.25) is 0 Å². The van der Waals surface area contributed by atoms with Crippen LogP contribution in [0.3, 0.4) is 0 Å². The van der Waals surface area contributed by atoms with Gasteiger partial charge in [-0.1, -0.05) is 36.4 Å². The van der Waals surface area contributed by atoms with Crippen molar-refractivity contribution in [1.29, 1.82) is 0 Å². The highest BCUT2D eigenvalue weighted by atomic mass is 16.5. The van der Waals surface area contributed by atoms with Gasteiger partial charge in [0.1, 0.15) is 11.5 Å². The molecular weight excluding hydrogens is 276 g/mol. The summed E-state index contributed by atoms with van der Waals surface area (Å²) in [6.45, 7) is 0. The van der Waals surface area contributed by atoms with E-state index in [0.29, 0.717) is 5.90 Å². The van der Waals surface area contributed by atoms with Gasteiger partial charge in [0, 0.05) is 11.1 Å². The maximum Gasteiger partial charge on any atom is 0.243 e. The zero-order valence-corrected chi connectivity index (χ0v) is 11.6. The van der Waals surface area contributed by atoms with E-state index in [9.17, 15) is 0 Å². The maximum absolute atomic E-state index is 6.16. The van der Waals surface area contributed by atoms with Crippen LogP contribution in [0.4, 0.5) is 0 Å². The minimum atomic E-state index is -0.212. The summed E-state index contributed by atoms with van der Waals surface area (Å²) in [5.74, 6) is 2.26. The molecule has 1 N–H and O–H groups in total. The molecule has 3 heterocycles. The average molecular weight is 288 g/mol. The molecule has 0 fully saturated rings. The molecule has 5 rings (SSSR count). The Hall–Kier alpha value is -3.01. The van der Waals surface area contributed by atoms with Crippen LogP contribution in [0.15, 0.2) is 64.9 Å². The van der Waals surface area contributed by atoms with Gasteiger partial charge in [0.05, 0.1) is 11.3 Å². The quantitative estimate of drug-likeness (QED) is 0.809. The Bertz CT molecular complexity index is 880. The van der Waals surface area contributed by atoms with Crippen LogP contribution in [-0.4, -0.2) is 12.0 Å². The monoisotopic (exact) mass is 288 g/mol.